The van der Waals surface area contributed by atoms with Gasteiger partial charge >= 0.3 is 0 Å². The van der Waals surface area contributed by atoms with E-state index in [2.05, 4.69) is 35.6 Å². The predicted molar refractivity (Wildman–Crippen MR) is 113 cm³/mol. The minimum absolute atomic E-state index is 0.0692. The zero-order valence-electron chi connectivity index (χ0n) is 16.0. The molecule has 144 valence electrons. The van der Waals surface area contributed by atoms with E-state index < -0.39 is 11.9 Å². The number of carbonyl (C=O) groups is 2. The van der Waals surface area contributed by atoms with Gasteiger partial charge in [0.15, 0.2) is 0 Å². The summed E-state index contributed by atoms with van der Waals surface area (Å²) in [5, 5.41) is 7.34. The van der Waals surface area contributed by atoms with E-state index in [4.69, 9.17) is 5.73 Å². The molecule has 0 aliphatic heterocycles. The van der Waals surface area contributed by atoms with Gasteiger partial charge in [-0.1, -0.05) is 61.4 Å². The van der Waals surface area contributed by atoms with Crippen molar-refractivity contribution in [3.05, 3.63) is 60.2 Å². The van der Waals surface area contributed by atoms with E-state index >= 15 is 0 Å². The summed E-state index contributed by atoms with van der Waals surface area (Å²) in [5.41, 5.74) is 6.73. The number of fused-ring (bicyclic) bond motifs is 2. The van der Waals surface area contributed by atoms with Crippen LogP contribution >= 0.6 is 0 Å². The molecular formula is C24H26N2O2. The van der Waals surface area contributed by atoms with E-state index in [1.165, 1.54) is 12.8 Å². The van der Waals surface area contributed by atoms with Gasteiger partial charge in [-0.25, -0.2) is 0 Å². The Kier molecular flexibility index (Phi) is 5.29. The van der Waals surface area contributed by atoms with Gasteiger partial charge in [0.2, 0.25) is 11.8 Å². The van der Waals surface area contributed by atoms with Crippen LogP contribution in [0.25, 0.3) is 21.5 Å². The molecule has 0 bridgehead atoms. The SMILES string of the molecule is NC(=O)[C@@H](Cc1c2ccccc2cc2ccccc12)NC(=O)CC1CCCC1. The molecule has 3 aromatic carbocycles. The highest BCUT2D eigenvalue weighted by atomic mass is 16.2. The molecule has 1 aliphatic carbocycles. The van der Waals surface area contributed by atoms with E-state index in [0.29, 0.717) is 18.8 Å². The second kappa shape index (κ2) is 8.01. The molecule has 2 amide bonds. The smallest absolute Gasteiger partial charge is 0.240 e. The van der Waals surface area contributed by atoms with Gasteiger partial charge in [0.25, 0.3) is 0 Å². The summed E-state index contributed by atoms with van der Waals surface area (Å²) in [7, 11) is 0. The fourth-order valence-electron chi connectivity index (χ4n) is 4.48. The summed E-state index contributed by atoms with van der Waals surface area (Å²) in [6.07, 6.45) is 5.47. The maximum Gasteiger partial charge on any atom is 0.240 e. The fraction of sp³-hybridized carbons (Fsp3) is 0.333. The Hall–Kier alpha value is -2.88. The molecule has 1 atom stereocenters. The van der Waals surface area contributed by atoms with Crippen molar-refractivity contribution in [3.8, 4) is 0 Å². The van der Waals surface area contributed by atoms with Crippen LogP contribution in [0.3, 0.4) is 0 Å². The summed E-state index contributed by atoms with van der Waals surface area (Å²) in [6, 6.07) is 17.7. The largest absolute Gasteiger partial charge is 0.368 e. The highest BCUT2D eigenvalue weighted by Crippen LogP contribution is 2.30. The number of benzene rings is 3. The number of primary amides is 1. The van der Waals surface area contributed by atoms with Crippen LogP contribution in [0, 0.1) is 5.92 Å². The molecule has 1 fully saturated rings. The van der Waals surface area contributed by atoms with Gasteiger partial charge in [0.05, 0.1) is 0 Å². The lowest BCUT2D eigenvalue weighted by Gasteiger charge is -2.19. The Labute approximate surface area is 165 Å². The van der Waals surface area contributed by atoms with Crippen LogP contribution in [0.1, 0.15) is 37.7 Å². The molecule has 4 nitrogen and oxygen atoms in total. The van der Waals surface area contributed by atoms with Crippen molar-refractivity contribution in [2.75, 3.05) is 0 Å². The molecule has 4 rings (SSSR count). The molecule has 0 saturated heterocycles. The van der Waals surface area contributed by atoms with Crippen LogP contribution in [-0.2, 0) is 16.0 Å². The van der Waals surface area contributed by atoms with Crippen molar-refractivity contribution in [2.24, 2.45) is 11.7 Å². The molecule has 1 saturated carbocycles. The van der Waals surface area contributed by atoms with E-state index in [9.17, 15) is 9.59 Å². The Morgan fingerprint density at radius 1 is 0.964 bits per heavy atom. The average Bonchev–Trinajstić information content (AvgIpc) is 3.19. The molecular weight excluding hydrogens is 348 g/mol. The van der Waals surface area contributed by atoms with Crippen molar-refractivity contribution in [1.29, 1.82) is 0 Å². The number of hydrogen-bond donors (Lipinski definition) is 2. The van der Waals surface area contributed by atoms with Gasteiger partial charge in [-0.2, -0.15) is 0 Å². The highest BCUT2D eigenvalue weighted by molar-refractivity contribution is 6.03. The van der Waals surface area contributed by atoms with Crippen molar-refractivity contribution in [3.63, 3.8) is 0 Å². The molecule has 1 aliphatic rings. The van der Waals surface area contributed by atoms with Crippen molar-refractivity contribution in [2.45, 2.75) is 44.6 Å². The van der Waals surface area contributed by atoms with Crippen LogP contribution in [0.2, 0.25) is 0 Å². The lowest BCUT2D eigenvalue weighted by atomic mass is 9.92. The van der Waals surface area contributed by atoms with Gasteiger partial charge in [0.1, 0.15) is 6.04 Å². The number of nitrogens with two attached hydrogens (primary N) is 1. The first-order chi connectivity index (χ1) is 13.6. The molecule has 0 radical (unpaired) electrons. The van der Waals surface area contributed by atoms with Crippen molar-refractivity contribution >= 4 is 33.4 Å². The average molecular weight is 374 g/mol. The lowest BCUT2D eigenvalue weighted by Crippen LogP contribution is -2.46. The normalized spacial score (nSPS) is 15.7. The first kappa shape index (κ1) is 18.5. The second-order valence-electron chi connectivity index (χ2n) is 7.88. The second-order valence-corrected chi connectivity index (χ2v) is 7.88. The van der Waals surface area contributed by atoms with Gasteiger partial charge in [0, 0.05) is 12.8 Å². The third-order valence-electron chi connectivity index (χ3n) is 5.92. The summed E-state index contributed by atoms with van der Waals surface area (Å²) < 4.78 is 0. The quantitative estimate of drug-likeness (QED) is 0.638. The zero-order valence-corrected chi connectivity index (χ0v) is 16.0. The number of nitrogens with one attached hydrogen (secondary N) is 1. The number of amides is 2. The standard InChI is InChI=1S/C24H26N2O2/c25-24(28)22(26-23(27)13-16-7-1-2-8-16)15-21-19-11-5-3-9-17(19)14-18-10-4-6-12-20(18)21/h3-6,9-12,14,16,22H,1-2,7-8,13,15H2,(H2,25,28)(H,26,27)/t22-/m1/s1. The first-order valence-corrected chi connectivity index (χ1v) is 10.1. The predicted octanol–water partition coefficient (Wildman–Crippen LogP) is 4.09. The first-order valence-electron chi connectivity index (χ1n) is 10.1. The van der Waals surface area contributed by atoms with Crippen LogP contribution in [0.5, 0.6) is 0 Å². The third kappa shape index (κ3) is 3.86. The van der Waals surface area contributed by atoms with E-state index in [0.717, 1.165) is 39.9 Å². The zero-order chi connectivity index (χ0) is 19.5. The summed E-state index contributed by atoms with van der Waals surface area (Å²) in [5.74, 6) is -0.121. The van der Waals surface area contributed by atoms with E-state index in [1.807, 2.05) is 24.3 Å². The Morgan fingerprint density at radius 2 is 1.54 bits per heavy atom. The summed E-state index contributed by atoms with van der Waals surface area (Å²) in [6.45, 7) is 0. The van der Waals surface area contributed by atoms with Gasteiger partial charge in [-0.15, -0.1) is 0 Å². The molecule has 0 unspecified atom stereocenters. The topological polar surface area (TPSA) is 72.2 Å². The monoisotopic (exact) mass is 374 g/mol. The molecule has 28 heavy (non-hydrogen) atoms. The fourth-order valence-corrected chi connectivity index (χ4v) is 4.48. The Morgan fingerprint density at radius 3 is 2.11 bits per heavy atom. The van der Waals surface area contributed by atoms with E-state index in [1.54, 1.807) is 0 Å². The molecule has 4 heteroatoms. The van der Waals surface area contributed by atoms with Crippen LogP contribution in [-0.4, -0.2) is 17.9 Å². The lowest BCUT2D eigenvalue weighted by molar-refractivity contribution is -0.127. The van der Waals surface area contributed by atoms with E-state index in [-0.39, 0.29) is 5.91 Å². The number of rotatable bonds is 6. The van der Waals surface area contributed by atoms with Crippen molar-refractivity contribution < 1.29 is 9.59 Å². The minimum atomic E-state index is -0.705. The maximum absolute atomic E-state index is 12.5. The number of hydrogen-bond acceptors (Lipinski definition) is 2. The number of carbonyl (C=O) groups excluding carboxylic acids is 2. The Bertz CT molecular complexity index is 967. The maximum atomic E-state index is 12.5. The minimum Gasteiger partial charge on any atom is -0.368 e. The molecule has 0 heterocycles. The van der Waals surface area contributed by atoms with Crippen LogP contribution < -0.4 is 11.1 Å². The van der Waals surface area contributed by atoms with Crippen LogP contribution in [0.15, 0.2) is 54.6 Å². The molecule has 3 aromatic rings. The Balaban J connectivity index is 1.65. The molecule has 0 aromatic heterocycles. The van der Waals surface area contributed by atoms with Crippen LogP contribution in [0.4, 0.5) is 0 Å². The molecule has 0 spiro atoms. The summed E-state index contributed by atoms with van der Waals surface area (Å²) >= 11 is 0. The third-order valence-corrected chi connectivity index (χ3v) is 5.92. The van der Waals surface area contributed by atoms with Crippen molar-refractivity contribution in [1.82, 2.24) is 5.32 Å². The summed E-state index contributed by atoms with van der Waals surface area (Å²) in [4.78, 5) is 24.7. The molecule has 3 N–H and O–H groups in total. The van der Waals surface area contributed by atoms with Gasteiger partial charge in [-0.3, -0.25) is 9.59 Å². The van der Waals surface area contributed by atoms with Gasteiger partial charge in [-0.05, 0) is 51.9 Å². The highest BCUT2D eigenvalue weighted by Gasteiger charge is 2.24. The van der Waals surface area contributed by atoms with Gasteiger partial charge < -0.3 is 11.1 Å².